The molecule has 0 unspecified atom stereocenters. The molecule has 1 heterocycles. The molecule has 0 spiro atoms. The maximum atomic E-state index is 5.88. The molecule has 0 amide bonds. The highest BCUT2D eigenvalue weighted by Crippen LogP contribution is 2.28. The van der Waals surface area contributed by atoms with Gasteiger partial charge in [-0.3, -0.25) is 0 Å². The lowest BCUT2D eigenvalue weighted by Crippen LogP contribution is -2.08. The first kappa shape index (κ1) is 12.4. The van der Waals surface area contributed by atoms with Crippen LogP contribution in [0, 0.1) is 20.8 Å². The van der Waals surface area contributed by atoms with Crippen molar-refractivity contribution in [3.8, 4) is 11.5 Å². The molecular formula is C14H17N3O. The monoisotopic (exact) mass is 243 g/mol. The third-order valence-corrected chi connectivity index (χ3v) is 2.87. The summed E-state index contributed by atoms with van der Waals surface area (Å²) in [6, 6.07) is 7.73. The van der Waals surface area contributed by atoms with E-state index in [0.29, 0.717) is 11.6 Å². The first-order valence-electron chi connectivity index (χ1n) is 5.78. The van der Waals surface area contributed by atoms with E-state index >= 15 is 0 Å². The summed E-state index contributed by atoms with van der Waals surface area (Å²) in [7, 11) is 0. The molecule has 18 heavy (non-hydrogen) atoms. The van der Waals surface area contributed by atoms with E-state index in [-0.39, 0.29) is 0 Å². The van der Waals surface area contributed by atoms with E-state index in [2.05, 4.69) is 30.3 Å². The molecule has 2 rings (SSSR count). The molecule has 0 saturated carbocycles. The average molecular weight is 243 g/mol. The highest BCUT2D eigenvalue weighted by atomic mass is 16.5. The zero-order valence-electron chi connectivity index (χ0n) is 10.8. The number of rotatable bonds is 3. The molecule has 1 aromatic heterocycles. The van der Waals surface area contributed by atoms with Gasteiger partial charge >= 0.3 is 0 Å². The van der Waals surface area contributed by atoms with Crippen LogP contribution in [0.5, 0.6) is 11.5 Å². The summed E-state index contributed by atoms with van der Waals surface area (Å²) in [6.45, 7) is 6.18. The second-order valence-corrected chi connectivity index (χ2v) is 4.33. The van der Waals surface area contributed by atoms with Crippen molar-refractivity contribution in [1.29, 1.82) is 0 Å². The number of nitrogens with one attached hydrogen (secondary N) is 1. The number of aromatic nitrogens is 1. The van der Waals surface area contributed by atoms with Gasteiger partial charge in [-0.2, -0.15) is 0 Å². The van der Waals surface area contributed by atoms with Crippen LogP contribution in [-0.2, 0) is 0 Å². The topological polar surface area (TPSA) is 60.2 Å². The number of hydrazine groups is 1. The lowest BCUT2D eigenvalue weighted by Gasteiger charge is -2.12. The number of hydrogen-bond donors (Lipinski definition) is 2. The number of nitrogens with two attached hydrogens (primary N) is 1. The van der Waals surface area contributed by atoms with Gasteiger partial charge in [-0.15, -0.1) is 0 Å². The third kappa shape index (κ3) is 2.60. The highest BCUT2D eigenvalue weighted by Gasteiger charge is 2.06. The SMILES string of the molecule is Cc1cc(C)c(C)c(Oc2ccnc(NN)c2)c1. The zero-order chi connectivity index (χ0) is 13.1. The summed E-state index contributed by atoms with van der Waals surface area (Å²) < 4.78 is 5.88. The zero-order valence-corrected chi connectivity index (χ0v) is 10.8. The van der Waals surface area contributed by atoms with Crippen molar-refractivity contribution >= 4 is 5.82 Å². The lowest BCUT2D eigenvalue weighted by atomic mass is 10.1. The van der Waals surface area contributed by atoms with Crippen LogP contribution >= 0.6 is 0 Å². The average Bonchev–Trinajstić information content (AvgIpc) is 2.35. The molecule has 0 aliphatic rings. The molecule has 0 atom stereocenters. The number of anilines is 1. The Morgan fingerprint density at radius 1 is 1.17 bits per heavy atom. The first-order chi connectivity index (χ1) is 8.60. The minimum Gasteiger partial charge on any atom is -0.457 e. The molecule has 2 aromatic rings. The van der Waals surface area contributed by atoms with Crippen LogP contribution < -0.4 is 16.0 Å². The Labute approximate surface area is 107 Å². The maximum absolute atomic E-state index is 5.88. The van der Waals surface area contributed by atoms with Gasteiger partial charge in [0.05, 0.1) is 0 Å². The predicted molar refractivity (Wildman–Crippen MR) is 72.8 cm³/mol. The van der Waals surface area contributed by atoms with Gasteiger partial charge < -0.3 is 10.2 Å². The van der Waals surface area contributed by atoms with E-state index in [1.54, 1.807) is 18.3 Å². The molecule has 0 aliphatic heterocycles. The van der Waals surface area contributed by atoms with Crippen molar-refractivity contribution < 1.29 is 4.74 Å². The Morgan fingerprint density at radius 3 is 2.67 bits per heavy atom. The Hall–Kier alpha value is -2.07. The Kier molecular flexibility index (Phi) is 3.48. The number of nitrogen functional groups attached to an aromatic ring is 1. The number of benzene rings is 1. The maximum Gasteiger partial charge on any atom is 0.143 e. The summed E-state index contributed by atoms with van der Waals surface area (Å²) >= 11 is 0. The number of hydrogen-bond acceptors (Lipinski definition) is 4. The van der Waals surface area contributed by atoms with Gasteiger partial charge in [-0.1, -0.05) is 6.07 Å². The van der Waals surface area contributed by atoms with Gasteiger partial charge in [0.2, 0.25) is 0 Å². The summed E-state index contributed by atoms with van der Waals surface area (Å²) in [5.41, 5.74) is 6.04. The van der Waals surface area contributed by atoms with Crippen molar-refractivity contribution in [3.63, 3.8) is 0 Å². The number of nitrogens with zero attached hydrogens (tertiary/aromatic N) is 1. The van der Waals surface area contributed by atoms with Gasteiger partial charge in [-0.25, -0.2) is 10.8 Å². The molecule has 0 radical (unpaired) electrons. The first-order valence-corrected chi connectivity index (χ1v) is 5.78. The van der Waals surface area contributed by atoms with E-state index in [4.69, 9.17) is 10.6 Å². The summed E-state index contributed by atoms with van der Waals surface area (Å²) in [5, 5.41) is 0. The number of aryl methyl sites for hydroxylation is 2. The van der Waals surface area contributed by atoms with Crippen molar-refractivity contribution in [3.05, 3.63) is 47.2 Å². The van der Waals surface area contributed by atoms with E-state index in [0.717, 1.165) is 11.3 Å². The third-order valence-electron chi connectivity index (χ3n) is 2.87. The van der Waals surface area contributed by atoms with Gasteiger partial charge in [0, 0.05) is 12.3 Å². The molecule has 4 heteroatoms. The van der Waals surface area contributed by atoms with Gasteiger partial charge in [0.25, 0.3) is 0 Å². The lowest BCUT2D eigenvalue weighted by molar-refractivity contribution is 0.477. The largest absolute Gasteiger partial charge is 0.457 e. The van der Waals surface area contributed by atoms with Crippen molar-refractivity contribution in [2.45, 2.75) is 20.8 Å². The number of ether oxygens (including phenoxy) is 1. The van der Waals surface area contributed by atoms with Crippen LogP contribution in [0.1, 0.15) is 16.7 Å². The standard InChI is InChI=1S/C14H17N3O/c1-9-6-10(2)11(3)13(7-9)18-12-4-5-16-14(8-12)17-15/h4-8H,15H2,1-3H3,(H,16,17). The van der Waals surface area contributed by atoms with E-state index < -0.39 is 0 Å². The van der Waals surface area contributed by atoms with E-state index in [1.807, 2.05) is 13.0 Å². The Bertz CT molecular complexity index is 567. The van der Waals surface area contributed by atoms with Crippen LogP contribution in [-0.4, -0.2) is 4.98 Å². The van der Waals surface area contributed by atoms with Gasteiger partial charge in [-0.05, 0) is 49.6 Å². The summed E-state index contributed by atoms with van der Waals surface area (Å²) in [4.78, 5) is 4.04. The molecular weight excluding hydrogens is 226 g/mol. The predicted octanol–water partition coefficient (Wildman–Crippen LogP) is 3.08. The Morgan fingerprint density at radius 2 is 1.94 bits per heavy atom. The van der Waals surface area contributed by atoms with Crippen LogP contribution in [0.3, 0.4) is 0 Å². The molecule has 4 nitrogen and oxygen atoms in total. The van der Waals surface area contributed by atoms with Crippen LogP contribution in [0.2, 0.25) is 0 Å². The molecule has 0 saturated heterocycles. The minimum absolute atomic E-state index is 0.578. The molecule has 0 aliphatic carbocycles. The van der Waals surface area contributed by atoms with Crippen molar-refractivity contribution in [2.75, 3.05) is 5.43 Å². The van der Waals surface area contributed by atoms with Crippen molar-refractivity contribution in [2.24, 2.45) is 5.84 Å². The van der Waals surface area contributed by atoms with E-state index in [1.165, 1.54) is 11.1 Å². The van der Waals surface area contributed by atoms with Crippen LogP contribution in [0.15, 0.2) is 30.5 Å². The van der Waals surface area contributed by atoms with Gasteiger partial charge in [0.1, 0.15) is 17.3 Å². The minimum atomic E-state index is 0.578. The summed E-state index contributed by atoms with van der Waals surface area (Å²) in [6.07, 6.45) is 1.66. The van der Waals surface area contributed by atoms with Crippen molar-refractivity contribution in [1.82, 2.24) is 4.98 Å². The quantitative estimate of drug-likeness (QED) is 0.642. The van der Waals surface area contributed by atoms with Gasteiger partial charge in [0.15, 0.2) is 0 Å². The van der Waals surface area contributed by atoms with Crippen LogP contribution in [0.4, 0.5) is 5.82 Å². The molecule has 0 bridgehead atoms. The van der Waals surface area contributed by atoms with E-state index in [9.17, 15) is 0 Å². The molecule has 1 aromatic carbocycles. The normalized spacial score (nSPS) is 10.2. The smallest absolute Gasteiger partial charge is 0.143 e. The molecule has 94 valence electrons. The fourth-order valence-electron chi connectivity index (χ4n) is 1.79. The fraction of sp³-hybridized carbons (Fsp3) is 0.214. The number of pyridine rings is 1. The van der Waals surface area contributed by atoms with Crippen LogP contribution in [0.25, 0.3) is 0 Å². The molecule has 0 fully saturated rings. The summed E-state index contributed by atoms with van der Waals surface area (Å²) in [5.74, 6) is 7.48. The highest BCUT2D eigenvalue weighted by molar-refractivity contribution is 5.46. The second kappa shape index (κ2) is 5.06. The Balaban J connectivity index is 2.33. The molecule has 3 N–H and O–H groups in total. The second-order valence-electron chi connectivity index (χ2n) is 4.33. The fourth-order valence-corrected chi connectivity index (χ4v) is 1.79.